The zero-order valence-electron chi connectivity index (χ0n) is 17.8. The van der Waals surface area contributed by atoms with Crippen LogP contribution in [0.4, 0.5) is 17.2 Å². The first-order valence-corrected chi connectivity index (χ1v) is 10.3. The van der Waals surface area contributed by atoms with Crippen LogP contribution in [0.15, 0.2) is 73.1 Å². The number of nitrogens with one attached hydrogen (secondary N) is 1. The molecule has 0 unspecified atom stereocenters. The quantitative estimate of drug-likeness (QED) is 0.233. The van der Waals surface area contributed by atoms with E-state index in [-0.39, 0.29) is 17.4 Å². The number of anilines is 2. The van der Waals surface area contributed by atoms with Gasteiger partial charge in [0, 0.05) is 10.7 Å². The summed E-state index contributed by atoms with van der Waals surface area (Å²) in [6.07, 6.45) is 1.20. The topological polar surface area (TPSA) is 99.4 Å². The van der Waals surface area contributed by atoms with E-state index in [1.54, 1.807) is 36.4 Å². The van der Waals surface area contributed by atoms with Crippen molar-refractivity contribution in [2.24, 2.45) is 0 Å². The Labute approximate surface area is 195 Å². The summed E-state index contributed by atoms with van der Waals surface area (Å²) >= 11 is 6.20. The van der Waals surface area contributed by atoms with Crippen LogP contribution in [0.2, 0.25) is 5.02 Å². The normalized spacial score (nSPS) is 10.5. The second-order valence-corrected chi connectivity index (χ2v) is 7.55. The predicted molar refractivity (Wildman–Crippen MR) is 126 cm³/mol. The summed E-state index contributed by atoms with van der Waals surface area (Å²) in [5.41, 5.74) is 1.78. The van der Waals surface area contributed by atoms with E-state index in [9.17, 15) is 10.1 Å². The molecule has 0 bridgehead atoms. The number of rotatable bonds is 7. The average Bonchev–Trinajstić information content (AvgIpc) is 2.79. The molecule has 1 N–H and O–H groups in total. The Kier molecular flexibility index (Phi) is 6.37. The summed E-state index contributed by atoms with van der Waals surface area (Å²) in [6, 6.07) is 19.7. The van der Waals surface area contributed by atoms with Crippen molar-refractivity contribution >= 4 is 28.8 Å². The van der Waals surface area contributed by atoms with E-state index in [0.29, 0.717) is 28.0 Å². The molecular formula is C24H19ClN4O4. The molecule has 8 nitrogen and oxygen atoms in total. The van der Waals surface area contributed by atoms with Gasteiger partial charge in [0.05, 0.1) is 4.92 Å². The maximum absolute atomic E-state index is 11.8. The zero-order chi connectivity index (χ0) is 23.4. The van der Waals surface area contributed by atoms with E-state index in [0.717, 1.165) is 11.1 Å². The summed E-state index contributed by atoms with van der Waals surface area (Å²) in [5, 5.41) is 15.4. The Morgan fingerprint density at radius 2 is 1.52 bits per heavy atom. The first-order valence-electron chi connectivity index (χ1n) is 9.94. The second kappa shape index (κ2) is 9.54. The molecule has 1 aromatic heterocycles. The van der Waals surface area contributed by atoms with Gasteiger partial charge in [-0.2, -0.15) is 4.98 Å². The number of para-hydroxylation sites is 1. The Bertz CT molecular complexity index is 1270. The van der Waals surface area contributed by atoms with E-state index in [1.807, 2.05) is 44.2 Å². The Morgan fingerprint density at radius 1 is 0.879 bits per heavy atom. The van der Waals surface area contributed by atoms with Crippen LogP contribution in [0, 0.1) is 24.0 Å². The molecular weight excluding hydrogens is 444 g/mol. The third kappa shape index (κ3) is 5.19. The highest BCUT2D eigenvalue weighted by atomic mass is 35.5. The van der Waals surface area contributed by atoms with Crippen LogP contribution in [0.25, 0.3) is 0 Å². The number of nitrogens with zero attached hydrogens (tertiary/aromatic N) is 3. The van der Waals surface area contributed by atoms with Crippen molar-refractivity contribution in [3.8, 4) is 23.1 Å². The van der Waals surface area contributed by atoms with E-state index in [2.05, 4.69) is 15.3 Å². The van der Waals surface area contributed by atoms with Crippen LogP contribution >= 0.6 is 11.6 Å². The minimum absolute atomic E-state index is 0.00383. The molecule has 0 amide bonds. The Balaban J connectivity index is 1.57. The molecule has 0 atom stereocenters. The van der Waals surface area contributed by atoms with E-state index < -0.39 is 4.92 Å². The summed E-state index contributed by atoms with van der Waals surface area (Å²) in [5.74, 6) is 1.55. The van der Waals surface area contributed by atoms with Crippen molar-refractivity contribution in [3.05, 3.63) is 99.3 Å². The molecule has 0 aliphatic rings. The molecule has 0 fully saturated rings. The maximum atomic E-state index is 11.8. The van der Waals surface area contributed by atoms with Gasteiger partial charge in [-0.1, -0.05) is 29.8 Å². The molecule has 0 aliphatic carbocycles. The van der Waals surface area contributed by atoms with E-state index in [4.69, 9.17) is 21.1 Å². The summed E-state index contributed by atoms with van der Waals surface area (Å²) in [4.78, 5) is 19.3. The van der Waals surface area contributed by atoms with E-state index in [1.165, 1.54) is 6.33 Å². The molecule has 3 aromatic carbocycles. The highest BCUT2D eigenvalue weighted by Gasteiger charge is 2.25. The molecule has 0 aliphatic heterocycles. The van der Waals surface area contributed by atoms with Gasteiger partial charge in [-0.25, -0.2) is 4.98 Å². The first-order chi connectivity index (χ1) is 15.9. The summed E-state index contributed by atoms with van der Waals surface area (Å²) in [6.45, 7) is 3.66. The third-order valence-electron chi connectivity index (χ3n) is 4.69. The SMILES string of the molecule is Cc1cc(Oc2ncnc(Nc3ccc(Oc4ccccc4)cc3)c2[N+](=O)[O-])cc(C)c1Cl. The number of aryl methyl sites for hydroxylation is 2. The number of halogens is 1. The van der Waals surface area contributed by atoms with Crippen LogP contribution in [-0.2, 0) is 0 Å². The van der Waals surface area contributed by atoms with Gasteiger partial charge >= 0.3 is 11.6 Å². The maximum Gasteiger partial charge on any atom is 0.373 e. The van der Waals surface area contributed by atoms with Crippen LogP contribution in [0.5, 0.6) is 23.1 Å². The lowest BCUT2D eigenvalue weighted by Crippen LogP contribution is -2.03. The largest absolute Gasteiger partial charge is 0.457 e. The fraction of sp³-hybridized carbons (Fsp3) is 0.0833. The first kappa shape index (κ1) is 22.0. The summed E-state index contributed by atoms with van der Waals surface area (Å²) < 4.78 is 11.5. The molecule has 9 heteroatoms. The van der Waals surface area contributed by atoms with Crippen LogP contribution < -0.4 is 14.8 Å². The van der Waals surface area contributed by atoms with Crippen LogP contribution in [-0.4, -0.2) is 14.9 Å². The molecule has 1 heterocycles. The van der Waals surface area contributed by atoms with Crippen molar-refractivity contribution in [1.29, 1.82) is 0 Å². The third-order valence-corrected chi connectivity index (χ3v) is 5.29. The minimum atomic E-state index is -0.583. The Morgan fingerprint density at radius 3 is 2.15 bits per heavy atom. The lowest BCUT2D eigenvalue weighted by molar-refractivity contribution is -0.385. The van der Waals surface area contributed by atoms with Crippen molar-refractivity contribution in [2.45, 2.75) is 13.8 Å². The molecule has 166 valence electrons. The number of ether oxygens (including phenoxy) is 2. The van der Waals surface area contributed by atoms with Crippen molar-refractivity contribution in [1.82, 2.24) is 9.97 Å². The smallest absolute Gasteiger partial charge is 0.373 e. The van der Waals surface area contributed by atoms with Gasteiger partial charge < -0.3 is 14.8 Å². The standard InChI is InChI=1S/C24H19ClN4O4/c1-15-12-20(13-16(2)21(15)25)33-24-22(29(30)31)23(26-14-27-24)28-17-8-10-19(11-9-17)32-18-6-4-3-5-7-18/h3-14H,1-2H3,(H,26,27,28). The lowest BCUT2D eigenvalue weighted by atomic mass is 10.1. The number of benzene rings is 3. The number of nitro groups is 1. The van der Waals surface area contributed by atoms with E-state index >= 15 is 0 Å². The average molecular weight is 463 g/mol. The molecule has 0 radical (unpaired) electrons. The van der Waals surface area contributed by atoms with Crippen LogP contribution in [0.3, 0.4) is 0 Å². The monoisotopic (exact) mass is 462 g/mol. The fourth-order valence-electron chi connectivity index (χ4n) is 3.14. The van der Waals surface area contributed by atoms with Crippen LogP contribution in [0.1, 0.15) is 11.1 Å². The zero-order valence-corrected chi connectivity index (χ0v) is 18.5. The number of hydrogen-bond donors (Lipinski definition) is 1. The fourth-order valence-corrected chi connectivity index (χ4v) is 3.25. The lowest BCUT2D eigenvalue weighted by Gasteiger charge is -2.11. The van der Waals surface area contributed by atoms with Gasteiger partial charge in [0.15, 0.2) is 0 Å². The number of aromatic nitrogens is 2. The molecule has 33 heavy (non-hydrogen) atoms. The van der Waals surface area contributed by atoms with Gasteiger partial charge in [0.1, 0.15) is 23.6 Å². The molecule has 0 spiro atoms. The molecule has 4 aromatic rings. The molecule has 0 saturated carbocycles. The van der Waals surface area contributed by atoms with Gasteiger partial charge in [0.25, 0.3) is 0 Å². The van der Waals surface area contributed by atoms with Gasteiger partial charge in [-0.05, 0) is 73.5 Å². The molecule has 4 rings (SSSR count). The van der Waals surface area contributed by atoms with Crippen molar-refractivity contribution < 1.29 is 14.4 Å². The summed E-state index contributed by atoms with van der Waals surface area (Å²) in [7, 11) is 0. The highest BCUT2D eigenvalue weighted by molar-refractivity contribution is 6.32. The second-order valence-electron chi connectivity index (χ2n) is 7.17. The molecule has 0 saturated heterocycles. The van der Waals surface area contributed by atoms with Gasteiger partial charge in [0.2, 0.25) is 5.82 Å². The van der Waals surface area contributed by atoms with Crippen molar-refractivity contribution in [3.63, 3.8) is 0 Å². The predicted octanol–water partition coefficient (Wildman–Crippen LogP) is 6.98. The van der Waals surface area contributed by atoms with Crippen molar-refractivity contribution in [2.75, 3.05) is 5.32 Å². The minimum Gasteiger partial charge on any atom is -0.457 e. The number of hydrogen-bond acceptors (Lipinski definition) is 7. The Hall–Kier alpha value is -4.17. The van der Waals surface area contributed by atoms with Gasteiger partial charge in [-0.15, -0.1) is 0 Å². The van der Waals surface area contributed by atoms with Gasteiger partial charge in [-0.3, -0.25) is 10.1 Å². The highest BCUT2D eigenvalue weighted by Crippen LogP contribution is 2.37.